The molecule has 0 amide bonds. The molecule has 6 nitrogen and oxygen atoms in total. The van der Waals surface area contributed by atoms with Crippen molar-refractivity contribution in [2.75, 3.05) is 41.3 Å². The van der Waals surface area contributed by atoms with Crippen molar-refractivity contribution in [3.63, 3.8) is 0 Å². The Hall–Kier alpha value is -3.22. The molecule has 0 radical (unpaired) electrons. The van der Waals surface area contributed by atoms with E-state index in [2.05, 4.69) is 49.4 Å². The first-order valence-electron chi connectivity index (χ1n) is 9.53. The summed E-state index contributed by atoms with van der Waals surface area (Å²) in [5.41, 5.74) is 2.87. The van der Waals surface area contributed by atoms with E-state index in [-0.39, 0.29) is 5.82 Å². The molecule has 1 N–H and O–H groups in total. The maximum atomic E-state index is 14.0. The van der Waals surface area contributed by atoms with Gasteiger partial charge in [0.05, 0.1) is 11.9 Å². The van der Waals surface area contributed by atoms with Crippen LogP contribution in [-0.2, 0) is 6.42 Å². The van der Waals surface area contributed by atoms with Crippen LogP contribution in [0.25, 0.3) is 0 Å². The average Bonchev–Trinajstić information content (AvgIpc) is 2.75. The normalized spacial score (nSPS) is 14.2. The van der Waals surface area contributed by atoms with Gasteiger partial charge in [-0.2, -0.15) is 10.1 Å². The Morgan fingerprint density at radius 1 is 0.964 bits per heavy atom. The van der Waals surface area contributed by atoms with E-state index in [9.17, 15) is 4.39 Å². The standard InChI is InChI=1S/C21H23FN6/c1-2-16-7-9-17(10-8-16)24-21-25-20(15-23-26-21)28-13-11-27(12-14-28)19-6-4-3-5-18(19)22/h3-10,15H,2,11-14H2,1H3,(H,24,25,26). The number of nitrogens with one attached hydrogen (secondary N) is 1. The molecule has 4 rings (SSSR count). The SMILES string of the molecule is CCc1ccc(Nc2nncc(N3CCN(c4ccccc4F)CC3)n2)cc1. The van der Waals surface area contributed by atoms with E-state index in [0.717, 1.165) is 44.1 Å². The molecule has 2 heterocycles. The summed E-state index contributed by atoms with van der Waals surface area (Å²) < 4.78 is 14.0. The quantitative estimate of drug-likeness (QED) is 0.732. The summed E-state index contributed by atoms with van der Waals surface area (Å²) in [5, 5.41) is 11.4. The first-order valence-corrected chi connectivity index (χ1v) is 9.53. The lowest BCUT2D eigenvalue weighted by molar-refractivity contribution is 0.595. The highest BCUT2D eigenvalue weighted by Crippen LogP contribution is 2.22. The summed E-state index contributed by atoms with van der Waals surface area (Å²) in [6.45, 7) is 5.08. The predicted octanol–water partition coefficient (Wildman–Crippen LogP) is 3.64. The number of benzene rings is 2. The van der Waals surface area contributed by atoms with Gasteiger partial charge < -0.3 is 15.1 Å². The Morgan fingerprint density at radius 3 is 2.39 bits per heavy atom. The number of rotatable bonds is 5. The molecule has 28 heavy (non-hydrogen) atoms. The van der Waals surface area contributed by atoms with Gasteiger partial charge in [0.15, 0.2) is 5.82 Å². The number of anilines is 4. The van der Waals surface area contributed by atoms with E-state index in [1.807, 2.05) is 24.3 Å². The van der Waals surface area contributed by atoms with Gasteiger partial charge in [0, 0.05) is 31.9 Å². The Balaban J connectivity index is 1.41. The van der Waals surface area contributed by atoms with Gasteiger partial charge in [0.2, 0.25) is 5.95 Å². The summed E-state index contributed by atoms with van der Waals surface area (Å²) in [6, 6.07) is 15.1. The van der Waals surface area contributed by atoms with Gasteiger partial charge in [-0.25, -0.2) is 4.39 Å². The molecular weight excluding hydrogens is 355 g/mol. The van der Waals surface area contributed by atoms with E-state index in [0.29, 0.717) is 11.6 Å². The highest BCUT2D eigenvalue weighted by Gasteiger charge is 2.20. The van der Waals surface area contributed by atoms with Crippen molar-refractivity contribution in [3.05, 3.63) is 66.1 Å². The second-order valence-electron chi connectivity index (χ2n) is 6.74. The smallest absolute Gasteiger partial charge is 0.249 e. The maximum Gasteiger partial charge on any atom is 0.249 e. The molecule has 2 aromatic carbocycles. The van der Waals surface area contributed by atoms with Gasteiger partial charge in [-0.1, -0.05) is 31.2 Å². The fraction of sp³-hybridized carbons (Fsp3) is 0.286. The van der Waals surface area contributed by atoms with Crippen molar-refractivity contribution >= 4 is 23.1 Å². The summed E-state index contributed by atoms with van der Waals surface area (Å²) in [4.78, 5) is 8.81. The Kier molecular flexibility index (Phi) is 5.32. The number of nitrogens with zero attached hydrogens (tertiary/aromatic N) is 5. The maximum absolute atomic E-state index is 14.0. The monoisotopic (exact) mass is 378 g/mol. The highest BCUT2D eigenvalue weighted by molar-refractivity contribution is 5.55. The van der Waals surface area contributed by atoms with E-state index < -0.39 is 0 Å². The van der Waals surface area contributed by atoms with Crippen molar-refractivity contribution < 1.29 is 4.39 Å². The fourth-order valence-corrected chi connectivity index (χ4v) is 3.34. The van der Waals surface area contributed by atoms with Gasteiger partial charge in [-0.05, 0) is 36.2 Å². The molecular formula is C21H23FN6. The van der Waals surface area contributed by atoms with Gasteiger partial charge >= 0.3 is 0 Å². The Labute approximate surface area is 164 Å². The van der Waals surface area contributed by atoms with Crippen molar-refractivity contribution in [2.24, 2.45) is 0 Å². The highest BCUT2D eigenvalue weighted by atomic mass is 19.1. The minimum Gasteiger partial charge on any atom is -0.366 e. The van der Waals surface area contributed by atoms with Gasteiger partial charge in [0.1, 0.15) is 5.82 Å². The molecule has 0 aliphatic carbocycles. The lowest BCUT2D eigenvalue weighted by atomic mass is 10.1. The van der Waals surface area contributed by atoms with Crippen LogP contribution in [0.2, 0.25) is 0 Å². The zero-order valence-electron chi connectivity index (χ0n) is 15.8. The van der Waals surface area contributed by atoms with Gasteiger partial charge in [0.25, 0.3) is 0 Å². The summed E-state index contributed by atoms with van der Waals surface area (Å²) in [7, 11) is 0. The van der Waals surface area contributed by atoms with Crippen molar-refractivity contribution in [1.82, 2.24) is 15.2 Å². The third-order valence-corrected chi connectivity index (χ3v) is 4.96. The molecule has 0 spiro atoms. The number of aromatic nitrogens is 3. The van der Waals surface area contributed by atoms with Crippen LogP contribution in [0.1, 0.15) is 12.5 Å². The number of halogens is 1. The lowest BCUT2D eigenvalue weighted by Crippen LogP contribution is -2.47. The molecule has 0 atom stereocenters. The first-order chi connectivity index (χ1) is 13.7. The average molecular weight is 378 g/mol. The van der Waals surface area contributed by atoms with E-state index in [4.69, 9.17) is 0 Å². The summed E-state index contributed by atoms with van der Waals surface area (Å²) in [6.07, 6.45) is 2.68. The lowest BCUT2D eigenvalue weighted by Gasteiger charge is -2.36. The molecule has 144 valence electrons. The molecule has 7 heteroatoms. The molecule has 0 unspecified atom stereocenters. The van der Waals surface area contributed by atoms with E-state index >= 15 is 0 Å². The number of hydrogen-bond acceptors (Lipinski definition) is 6. The summed E-state index contributed by atoms with van der Waals surface area (Å²) in [5.74, 6) is 1.06. The van der Waals surface area contributed by atoms with Crippen molar-refractivity contribution in [3.8, 4) is 0 Å². The third-order valence-electron chi connectivity index (χ3n) is 4.96. The number of aryl methyl sites for hydroxylation is 1. The molecule has 1 fully saturated rings. The molecule has 1 saturated heterocycles. The van der Waals surface area contributed by atoms with Crippen LogP contribution in [0.4, 0.5) is 27.5 Å². The topological polar surface area (TPSA) is 57.2 Å². The van der Waals surface area contributed by atoms with Crippen LogP contribution < -0.4 is 15.1 Å². The van der Waals surface area contributed by atoms with E-state index in [1.165, 1.54) is 11.6 Å². The van der Waals surface area contributed by atoms with Crippen molar-refractivity contribution in [1.29, 1.82) is 0 Å². The first kappa shape index (κ1) is 18.2. The molecule has 0 bridgehead atoms. The Morgan fingerprint density at radius 2 is 1.68 bits per heavy atom. The van der Waals surface area contributed by atoms with Crippen LogP contribution in [-0.4, -0.2) is 41.4 Å². The van der Waals surface area contributed by atoms with Gasteiger partial charge in [-0.15, -0.1) is 5.10 Å². The van der Waals surface area contributed by atoms with Crippen LogP contribution in [0.3, 0.4) is 0 Å². The molecule has 3 aromatic rings. The predicted molar refractivity (Wildman–Crippen MR) is 110 cm³/mol. The Bertz CT molecular complexity index is 922. The second kappa shape index (κ2) is 8.21. The largest absolute Gasteiger partial charge is 0.366 e. The second-order valence-corrected chi connectivity index (χ2v) is 6.74. The number of hydrogen-bond donors (Lipinski definition) is 1. The minimum atomic E-state index is -0.180. The fourth-order valence-electron chi connectivity index (χ4n) is 3.34. The van der Waals surface area contributed by atoms with Crippen LogP contribution in [0.15, 0.2) is 54.7 Å². The van der Waals surface area contributed by atoms with Crippen LogP contribution in [0, 0.1) is 5.82 Å². The van der Waals surface area contributed by atoms with Crippen molar-refractivity contribution in [2.45, 2.75) is 13.3 Å². The number of piperazine rings is 1. The number of para-hydroxylation sites is 1. The van der Waals surface area contributed by atoms with E-state index in [1.54, 1.807) is 12.3 Å². The molecule has 0 saturated carbocycles. The van der Waals surface area contributed by atoms with Crippen LogP contribution >= 0.6 is 0 Å². The molecule has 1 aliphatic rings. The molecule has 1 aromatic heterocycles. The van der Waals surface area contributed by atoms with Crippen LogP contribution in [0.5, 0.6) is 0 Å². The third kappa shape index (κ3) is 4.03. The minimum absolute atomic E-state index is 0.180. The van der Waals surface area contributed by atoms with Gasteiger partial charge in [-0.3, -0.25) is 0 Å². The summed E-state index contributed by atoms with van der Waals surface area (Å²) >= 11 is 0. The zero-order chi connectivity index (χ0) is 19.3. The molecule has 1 aliphatic heterocycles. The zero-order valence-corrected chi connectivity index (χ0v) is 15.8.